The highest BCUT2D eigenvalue weighted by Gasteiger charge is 2.40. The van der Waals surface area contributed by atoms with Crippen LogP contribution >= 0.6 is 0 Å². The van der Waals surface area contributed by atoms with Gasteiger partial charge in [0.15, 0.2) is 0 Å². The molecule has 5 nitrogen and oxygen atoms in total. The summed E-state index contributed by atoms with van der Waals surface area (Å²) in [6.07, 6.45) is -4.52. The molecular formula is C21H19F3N2O3. The van der Waals surface area contributed by atoms with Crippen LogP contribution in [0.2, 0.25) is 0 Å². The van der Waals surface area contributed by atoms with E-state index in [9.17, 15) is 22.8 Å². The molecule has 0 atom stereocenters. The maximum Gasteiger partial charge on any atom is 0.416 e. The van der Waals surface area contributed by atoms with Crippen LogP contribution < -0.4 is 10.1 Å². The minimum absolute atomic E-state index is 0.0619. The maximum absolute atomic E-state index is 13.0. The molecule has 1 aliphatic heterocycles. The average Bonchev–Trinajstić information content (AvgIpc) is 2.91. The molecule has 0 saturated carbocycles. The van der Waals surface area contributed by atoms with Crippen LogP contribution in [0, 0.1) is 0 Å². The number of hydrogen-bond donors (Lipinski definition) is 1. The summed E-state index contributed by atoms with van der Waals surface area (Å²) in [5.41, 5.74) is -0.294. The molecule has 1 N–H and O–H groups in total. The van der Waals surface area contributed by atoms with Gasteiger partial charge >= 0.3 is 6.18 Å². The summed E-state index contributed by atoms with van der Waals surface area (Å²) in [6.45, 7) is 3.38. The van der Waals surface area contributed by atoms with E-state index in [1.54, 1.807) is 38.1 Å². The van der Waals surface area contributed by atoms with Crippen molar-refractivity contribution in [3.05, 3.63) is 65.4 Å². The van der Waals surface area contributed by atoms with Crippen LogP contribution in [-0.2, 0) is 15.8 Å². The van der Waals surface area contributed by atoms with E-state index in [4.69, 9.17) is 4.74 Å². The van der Waals surface area contributed by atoms with Crippen molar-refractivity contribution >= 4 is 23.1 Å². The van der Waals surface area contributed by atoms with Crippen LogP contribution in [0.15, 0.2) is 54.2 Å². The number of carbonyl (C=O) groups excluding carboxylic acids is 2. The molecule has 0 fully saturated rings. The van der Waals surface area contributed by atoms with Crippen molar-refractivity contribution in [3.63, 3.8) is 0 Å². The van der Waals surface area contributed by atoms with E-state index in [0.717, 1.165) is 17.0 Å². The summed E-state index contributed by atoms with van der Waals surface area (Å²) >= 11 is 0. The lowest BCUT2D eigenvalue weighted by Crippen LogP contribution is -2.38. The van der Waals surface area contributed by atoms with Crippen LogP contribution in [0.5, 0.6) is 5.75 Å². The number of rotatable bonds is 5. The molecule has 2 amide bonds. The Morgan fingerprint density at radius 3 is 2.21 bits per heavy atom. The molecular weight excluding hydrogens is 385 g/mol. The number of carbonyl (C=O) groups is 2. The number of anilines is 1. The number of hydrogen-bond acceptors (Lipinski definition) is 4. The average molecular weight is 404 g/mol. The lowest BCUT2D eigenvalue weighted by atomic mass is 10.0. The smallest absolute Gasteiger partial charge is 0.416 e. The molecule has 0 unspecified atom stereocenters. The standard InChI is InChI=1S/C21H19F3N2O3/c1-12(2)26-19(27)17(13-7-9-16(29-3)10-8-13)18(20(26)28)25-15-6-4-5-14(11-15)21(22,23)24/h4-12,25H,1-3H3. The Kier molecular flexibility index (Phi) is 5.37. The molecule has 152 valence electrons. The fraction of sp³-hybridized carbons (Fsp3) is 0.238. The highest BCUT2D eigenvalue weighted by molar-refractivity contribution is 6.36. The molecule has 0 bridgehead atoms. The van der Waals surface area contributed by atoms with E-state index < -0.39 is 29.6 Å². The quantitative estimate of drug-likeness (QED) is 0.755. The van der Waals surface area contributed by atoms with Gasteiger partial charge in [0.1, 0.15) is 11.4 Å². The van der Waals surface area contributed by atoms with Crippen molar-refractivity contribution in [2.45, 2.75) is 26.1 Å². The Hall–Kier alpha value is -3.29. The van der Waals surface area contributed by atoms with Gasteiger partial charge in [0.25, 0.3) is 11.8 Å². The molecule has 2 aromatic rings. The number of methoxy groups -OCH3 is 1. The number of nitrogens with one attached hydrogen (secondary N) is 1. The van der Waals surface area contributed by atoms with E-state index in [1.165, 1.54) is 19.2 Å². The van der Waals surface area contributed by atoms with Gasteiger partial charge in [0, 0.05) is 11.7 Å². The fourth-order valence-electron chi connectivity index (χ4n) is 3.08. The van der Waals surface area contributed by atoms with Crippen LogP contribution in [0.4, 0.5) is 18.9 Å². The first-order chi connectivity index (χ1) is 13.6. The minimum Gasteiger partial charge on any atom is -0.497 e. The van der Waals surface area contributed by atoms with Gasteiger partial charge in [-0.3, -0.25) is 14.5 Å². The van der Waals surface area contributed by atoms with E-state index >= 15 is 0 Å². The maximum atomic E-state index is 13.0. The van der Waals surface area contributed by atoms with E-state index in [0.29, 0.717) is 11.3 Å². The van der Waals surface area contributed by atoms with Crippen molar-refractivity contribution in [2.75, 3.05) is 12.4 Å². The molecule has 8 heteroatoms. The number of ether oxygens (including phenoxy) is 1. The third-order valence-electron chi connectivity index (χ3n) is 4.47. The summed E-state index contributed by atoms with van der Waals surface area (Å²) in [4.78, 5) is 26.9. The molecule has 0 aromatic heterocycles. The van der Waals surface area contributed by atoms with E-state index in [-0.39, 0.29) is 17.0 Å². The van der Waals surface area contributed by atoms with Gasteiger partial charge in [0.2, 0.25) is 0 Å². The van der Waals surface area contributed by atoms with Gasteiger partial charge in [-0.1, -0.05) is 18.2 Å². The zero-order chi connectivity index (χ0) is 21.3. The van der Waals surface area contributed by atoms with Gasteiger partial charge in [-0.2, -0.15) is 13.2 Å². The third-order valence-corrected chi connectivity index (χ3v) is 4.47. The second-order valence-corrected chi connectivity index (χ2v) is 6.76. The molecule has 2 aromatic carbocycles. The fourth-order valence-corrected chi connectivity index (χ4v) is 3.08. The van der Waals surface area contributed by atoms with Crippen molar-refractivity contribution in [2.24, 2.45) is 0 Å². The Morgan fingerprint density at radius 1 is 1.00 bits per heavy atom. The summed E-state index contributed by atoms with van der Waals surface area (Å²) in [5, 5.41) is 2.73. The van der Waals surface area contributed by atoms with Crippen molar-refractivity contribution in [3.8, 4) is 5.75 Å². The molecule has 0 aliphatic carbocycles. The molecule has 29 heavy (non-hydrogen) atoms. The third kappa shape index (κ3) is 3.96. The molecule has 0 saturated heterocycles. The Bertz CT molecular complexity index is 979. The van der Waals surface area contributed by atoms with Crippen LogP contribution in [-0.4, -0.2) is 29.9 Å². The zero-order valence-electron chi connectivity index (χ0n) is 16.0. The first kappa shape index (κ1) is 20.4. The molecule has 0 radical (unpaired) electrons. The Balaban J connectivity index is 2.08. The lowest BCUT2D eigenvalue weighted by Gasteiger charge is -2.19. The number of benzene rings is 2. The first-order valence-corrected chi connectivity index (χ1v) is 8.84. The van der Waals surface area contributed by atoms with E-state index in [2.05, 4.69) is 5.32 Å². The Labute approximate surface area is 165 Å². The van der Waals surface area contributed by atoms with Gasteiger partial charge in [-0.25, -0.2) is 0 Å². The van der Waals surface area contributed by atoms with Gasteiger partial charge < -0.3 is 10.1 Å². The molecule has 1 heterocycles. The highest BCUT2D eigenvalue weighted by atomic mass is 19.4. The van der Waals surface area contributed by atoms with Gasteiger partial charge in [-0.15, -0.1) is 0 Å². The predicted octanol–water partition coefficient (Wildman–Crippen LogP) is 4.31. The summed E-state index contributed by atoms with van der Waals surface area (Å²) in [6, 6.07) is 10.6. The zero-order valence-corrected chi connectivity index (χ0v) is 16.0. The monoisotopic (exact) mass is 404 g/mol. The SMILES string of the molecule is COc1ccc(C2=C(Nc3cccc(C(F)(F)F)c3)C(=O)N(C(C)C)C2=O)cc1. The number of nitrogens with zero attached hydrogens (tertiary/aromatic N) is 1. The number of imide groups is 1. The van der Waals surface area contributed by atoms with Crippen molar-refractivity contribution in [1.82, 2.24) is 4.90 Å². The number of alkyl halides is 3. The van der Waals surface area contributed by atoms with E-state index in [1.807, 2.05) is 0 Å². The van der Waals surface area contributed by atoms with Gasteiger partial charge in [0.05, 0.1) is 18.2 Å². The molecule has 1 aliphatic rings. The van der Waals surface area contributed by atoms with Gasteiger partial charge in [-0.05, 0) is 49.7 Å². The largest absolute Gasteiger partial charge is 0.497 e. The second kappa shape index (κ2) is 7.62. The predicted molar refractivity (Wildman–Crippen MR) is 102 cm³/mol. The van der Waals surface area contributed by atoms with Crippen LogP contribution in [0.25, 0.3) is 5.57 Å². The van der Waals surface area contributed by atoms with Crippen molar-refractivity contribution < 1.29 is 27.5 Å². The topological polar surface area (TPSA) is 58.6 Å². The summed E-state index contributed by atoms with van der Waals surface area (Å²) < 4.78 is 44.2. The highest BCUT2D eigenvalue weighted by Crippen LogP contribution is 2.34. The Morgan fingerprint density at radius 2 is 1.66 bits per heavy atom. The number of halogens is 3. The van der Waals surface area contributed by atoms with Crippen LogP contribution in [0.3, 0.4) is 0 Å². The summed E-state index contributed by atoms with van der Waals surface area (Å²) in [5.74, 6) is -0.530. The molecule has 0 spiro atoms. The summed E-state index contributed by atoms with van der Waals surface area (Å²) in [7, 11) is 1.50. The minimum atomic E-state index is -4.52. The first-order valence-electron chi connectivity index (χ1n) is 8.84. The normalized spacial score (nSPS) is 14.8. The lowest BCUT2D eigenvalue weighted by molar-refractivity contribution is -0.139. The van der Waals surface area contributed by atoms with Crippen molar-refractivity contribution in [1.29, 1.82) is 0 Å². The van der Waals surface area contributed by atoms with Crippen LogP contribution in [0.1, 0.15) is 25.0 Å². The second-order valence-electron chi connectivity index (χ2n) is 6.76. The number of amides is 2. The molecule has 3 rings (SSSR count).